The van der Waals surface area contributed by atoms with Crippen molar-refractivity contribution in [1.29, 1.82) is 0 Å². The Kier molecular flexibility index (Phi) is 6.87. The number of allylic oxidation sites excluding steroid dienone is 1. The number of hydrogen-bond donors (Lipinski definition) is 3. The van der Waals surface area contributed by atoms with Crippen molar-refractivity contribution in [3.05, 3.63) is 35.8 Å². The first-order valence-corrected chi connectivity index (χ1v) is 8.17. The zero-order valence-electron chi connectivity index (χ0n) is 13.6. The molecule has 126 valence electrons. The molecule has 1 aromatic heterocycles. The van der Waals surface area contributed by atoms with E-state index < -0.39 is 6.03 Å². The second kappa shape index (κ2) is 9.15. The number of carbonyl (C=O) groups is 2. The van der Waals surface area contributed by atoms with E-state index in [0.29, 0.717) is 6.54 Å². The maximum absolute atomic E-state index is 11.7. The summed E-state index contributed by atoms with van der Waals surface area (Å²) in [5, 5.41) is 8.04. The molecule has 0 bridgehead atoms. The SMILES string of the molecule is C[C@H](NCC(=O)NC(=O)NCCC1=CCCCC1)c1ccco1. The van der Waals surface area contributed by atoms with Crippen molar-refractivity contribution >= 4 is 11.9 Å². The Morgan fingerprint density at radius 1 is 1.35 bits per heavy atom. The van der Waals surface area contributed by atoms with Crippen molar-refractivity contribution in [2.45, 2.75) is 45.1 Å². The lowest BCUT2D eigenvalue weighted by Crippen LogP contribution is -2.44. The fourth-order valence-electron chi connectivity index (χ4n) is 2.57. The van der Waals surface area contributed by atoms with Gasteiger partial charge in [0.1, 0.15) is 5.76 Å². The van der Waals surface area contributed by atoms with Crippen LogP contribution in [0.1, 0.15) is 50.8 Å². The molecule has 1 atom stereocenters. The van der Waals surface area contributed by atoms with E-state index in [1.807, 2.05) is 13.0 Å². The largest absolute Gasteiger partial charge is 0.468 e. The Hall–Kier alpha value is -2.08. The average Bonchev–Trinajstić information content (AvgIpc) is 3.08. The number of nitrogens with one attached hydrogen (secondary N) is 3. The lowest BCUT2D eigenvalue weighted by atomic mass is 9.97. The summed E-state index contributed by atoms with van der Waals surface area (Å²) in [5.74, 6) is 0.390. The molecule has 0 aliphatic heterocycles. The Morgan fingerprint density at radius 3 is 2.91 bits per heavy atom. The van der Waals surface area contributed by atoms with E-state index in [0.717, 1.165) is 25.0 Å². The van der Waals surface area contributed by atoms with Gasteiger partial charge in [-0.15, -0.1) is 0 Å². The third-order valence-electron chi connectivity index (χ3n) is 3.91. The summed E-state index contributed by atoms with van der Waals surface area (Å²) in [6, 6.07) is 3.10. The van der Waals surface area contributed by atoms with Crippen LogP contribution in [-0.4, -0.2) is 25.0 Å². The standard InChI is InChI=1S/C17H25N3O3/c1-13(15-8-5-11-23-15)19-12-16(21)20-17(22)18-10-9-14-6-3-2-4-7-14/h5-6,8,11,13,19H,2-4,7,9-10,12H2,1H3,(H2,18,20,21,22)/t13-/m0/s1. The van der Waals surface area contributed by atoms with Gasteiger partial charge in [0.25, 0.3) is 0 Å². The summed E-state index contributed by atoms with van der Waals surface area (Å²) in [4.78, 5) is 23.4. The van der Waals surface area contributed by atoms with Crippen molar-refractivity contribution < 1.29 is 14.0 Å². The summed E-state index contributed by atoms with van der Waals surface area (Å²) in [6.07, 6.45) is 9.45. The van der Waals surface area contributed by atoms with Gasteiger partial charge in [-0.2, -0.15) is 0 Å². The summed E-state index contributed by atoms with van der Waals surface area (Å²) in [7, 11) is 0. The molecule has 0 radical (unpaired) electrons. The molecule has 0 aromatic carbocycles. The third-order valence-corrected chi connectivity index (χ3v) is 3.91. The van der Waals surface area contributed by atoms with Crippen LogP contribution >= 0.6 is 0 Å². The fraction of sp³-hybridized carbons (Fsp3) is 0.529. The first kappa shape index (κ1) is 17.3. The molecule has 0 saturated heterocycles. The van der Waals surface area contributed by atoms with Crippen molar-refractivity contribution in [3.8, 4) is 0 Å². The summed E-state index contributed by atoms with van der Waals surface area (Å²) in [5.41, 5.74) is 1.40. The van der Waals surface area contributed by atoms with Gasteiger partial charge in [0.2, 0.25) is 5.91 Å². The lowest BCUT2D eigenvalue weighted by molar-refractivity contribution is -0.119. The minimum Gasteiger partial charge on any atom is -0.468 e. The number of rotatable bonds is 7. The molecule has 1 aromatic rings. The summed E-state index contributed by atoms with van der Waals surface area (Å²) < 4.78 is 5.24. The highest BCUT2D eigenvalue weighted by Gasteiger charge is 2.12. The molecule has 0 fully saturated rings. The van der Waals surface area contributed by atoms with E-state index >= 15 is 0 Å². The van der Waals surface area contributed by atoms with Crippen molar-refractivity contribution in [3.63, 3.8) is 0 Å². The second-order valence-corrected chi connectivity index (χ2v) is 5.78. The van der Waals surface area contributed by atoms with E-state index in [1.54, 1.807) is 12.3 Å². The lowest BCUT2D eigenvalue weighted by Gasteiger charge is -2.13. The van der Waals surface area contributed by atoms with Crippen molar-refractivity contribution in [2.75, 3.05) is 13.1 Å². The number of imide groups is 1. The van der Waals surface area contributed by atoms with Crippen LogP contribution in [0, 0.1) is 0 Å². The maximum atomic E-state index is 11.7. The molecule has 1 aliphatic rings. The van der Waals surface area contributed by atoms with Gasteiger partial charge >= 0.3 is 6.03 Å². The Labute approximate surface area is 136 Å². The van der Waals surface area contributed by atoms with Gasteiger partial charge < -0.3 is 9.73 Å². The number of hydrogen-bond acceptors (Lipinski definition) is 4. The first-order chi connectivity index (χ1) is 11.1. The fourth-order valence-corrected chi connectivity index (χ4v) is 2.57. The molecule has 3 amide bonds. The molecule has 1 heterocycles. The van der Waals surface area contributed by atoms with Crippen LogP contribution in [-0.2, 0) is 4.79 Å². The molecule has 23 heavy (non-hydrogen) atoms. The maximum Gasteiger partial charge on any atom is 0.321 e. The number of carbonyl (C=O) groups excluding carboxylic acids is 2. The average molecular weight is 319 g/mol. The summed E-state index contributed by atoms with van der Waals surface area (Å²) in [6.45, 7) is 2.51. The van der Waals surface area contributed by atoms with E-state index in [9.17, 15) is 9.59 Å². The van der Waals surface area contributed by atoms with Gasteiger partial charge in [0, 0.05) is 6.54 Å². The Morgan fingerprint density at radius 2 is 2.22 bits per heavy atom. The monoisotopic (exact) mass is 319 g/mol. The number of furan rings is 1. The van der Waals surface area contributed by atoms with Crippen LogP contribution < -0.4 is 16.0 Å². The molecule has 6 nitrogen and oxygen atoms in total. The van der Waals surface area contributed by atoms with E-state index in [4.69, 9.17) is 4.42 Å². The number of urea groups is 1. The molecule has 0 unspecified atom stereocenters. The normalized spacial score (nSPS) is 15.6. The highest BCUT2D eigenvalue weighted by Crippen LogP contribution is 2.19. The topological polar surface area (TPSA) is 83.4 Å². The molecular formula is C17H25N3O3. The third kappa shape index (κ3) is 6.28. The smallest absolute Gasteiger partial charge is 0.321 e. The predicted molar refractivity (Wildman–Crippen MR) is 87.8 cm³/mol. The van der Waals surface area contributed by atoms with E-state index in [1.165, 1.54) is 18.4 Å². The van der Waals surface area contributed by atoms with Crippen LogP contribution in [0.25, 0.3) is 0 Å². The van der Waals surface area contributed by atoms with Crippen molar-refractivity contribution in [2.24, 2.45) is 0 Å². The van der Waals surface area contributed by atoms with Gasteiger partial charge in [0.05, 0.1) is 18.8 Å². The zero-order valence-corrected chi connectivity index (χ0v) is 13.6. The van der Waals surface area contributed by atoms with Crippen LogP contribution in [0.15, 0.2) is 34.5 Å². The van der Waals surface area contributed by atoms with Gasteiger partial charge in [0.15, 0.2) is 0 Å². The summed E-state index contributed by atoms with van der Waals surface area (Å²) >= 11 is 0. The molecule has 0 spiro atoms. The number of amides is 3. The minimum absolute atomic E-state index is 0.0560. The molecule has 3 N–H and O–H groups in total. The highest BCUT2D eigenvalue weighted by atomic mass is 16.3. The van der Waals surface area contributed by atoms with Gasteiger partial charge in [-0.05, 0) is 51.2 Å². The molecule has 2 rings (SSSR count). The minimum atomic E-state index is -0.445. The predicted octanol–water partition coefficient (Wildman–Crippen LogP) is 2.65. The van der Waals surface area contributed by atoms with Crippen LogP contribution in [0.4, 0.5) is 4.79 Å². The van der Waals surface area contributed by atoms with E-state index in [2.05, 4.69) is 22.0 Å². The highest BCUT2D eigenvalue weighted by molar-refractivity contribution is 5.95. The van der Waals surface area contributed by atoms with E-state index in [-0.39, 0.29) is 18.5 Å². The molecule has 0 saturated carbocycles. The Bertz CT molecular complexity index is 537. The zero-order chi connectivity index (χ0) is 16.5. The first-order valence-electron chi connectivity index (χ1n) is 8.17. The van der Waals surface area contributed by atoms with Crippen LogP contribution in [0.2, 0.25) is 0 Å². The van der Waals surface area contributed by atoms with Crippen molar-refractivity contribution in [1.82, 2.24) is 16.0 Å². The molecular weight excluding hydrogens is 294 g/mol. The van der Waals surface area contributed by atoms with Gasteiger partial charge in [-0.1, -0.05) is 11.6 Å². The molecule has 6 heteroatoms. The second-order valence-electron chi connectivity index (χ2n) is 5.78. The molecule has 1 aliphatic carbocycles. The van der Waals surface area contributed by atoms with Crippen LogP contribution in [0.5, 0.6) is 0 Å². The Balaban J connectivity index is 1.58. The van der Waals surface area contributed by atoms with Gasteiger partial charge in [-0.3, -0.25) is 15.4 Å². The quantitative estimate of drug-likeness (QED) is 0.675. The van der Waals surface area contributed by atoms with Gasteiger partial charge in [-0.25, -0.2) is 4.79 Å². The van der Waals surface area contributed by atoms with Crippen LogP contribution in [0.3, 0.4) is 0 Å².